The molecule has 19 heavy (non-hydrogen) atoms. The first-order valence-corrected chi connectivity index (χ1v) is 6.65. The molecule has 0 aromatic heterocycles. The quantitative estimate of drug-likeness (QED) is 0.826. The minimum Gasteiger partial charge on any atom is -0.483 e. The molecule has 1 aromatic rings. The SMILES string of the molecule is Cc1ccc(OCC(=O)NC(C)C(C)C)c(CN)c1. The fourth-order valence-corrected chi connectivity index (χ4v) is 1.61. The maximum Gasteiger partial charge on any atom is 0.258 e. The predicted molar refractivity (Wildman–Crippen MR) is 77.0 cm³/mol. The Balaban J connectivity index is 2.55. The number of aryl methyl sites for hydroxylation is 1. The van der Waals surface area contributed by atoms with E-state index < -0.39 is 0 Å². The number of nitrogens with one attached hydrogen (secondary N) is 1. The standard InChI is InChI=1S/C15H24N2O2/c1-10(2)12(4)17-15(18)9-19-14-6-5-11(3)7-13(14)8-16/h5-7,10,12H,8-9,16H2,1-4H3,(H,17,18). The van der Waals surface area contributed by atoms with Crippen LogP contribution in [0.15, 0.2) is 18.2 Å². The summed E-state index contributed by atoms with van der Waals surface area (Å²) >= 11 is 0. The highest BCUT2D eigenvalue weighted by molar-refractivity contribution is 5.77. The van der Waals surface area contributed by atoms with Crippen LogP contribution in [0.1, 0.15) is 31.9 Å². The van der Waals surface area contributed by atoms with Gasteiger partial charge in [-0.1, -0.05) is 31.5 Å². The molecule has 0 aliphatic carbocycles. The van der Waals surface area contributed by atoms with E-state index in [1.54, 1.807) is 0 Å². The van der Waals surface area contributed by atoms with Crippen molar-refractivity contribution in [3.05, 3.63) is 29.3 Å². The molecule has 0 aliphatic rings. The number of rotatable bonds is 6. The lowest BCUT2D eigenvalue weighted by Gasteiger charge is -2.18. The Hall–Kier alpha value is -1.55. The first kappa shape index (κ1) is 15.5. The molecule has 1 rings (SSSR count). The second-order valence-electron chi connectivity index (χ2n) is 5.20. The second-order valence-corrected chi connectivity index (χ2v) is 5.20. The van der Waals surface area contributed by atoms with E-state index in [1.807, 2.05) is 32.0 Å². The Morgan fingerprint density at radius 3 is 2.63 bits per heavy atom. The highest BCUT2D eigenvalue weighted by Crippen LogP contribution is 2.19. The van der Waals surface area contributed by atoms with Crippen molar-refractivity contribution in [3.63, 3.8) is 0 Å². The van der Waals surface area contributed by atoms with Gasteiger partial charge in [-0.2, -0.15) is 0 Å². The van der Waals surface area contributed by atoms with Crippen molar-refractivity contribution in [3.8, 4) is 5.75 Å². The van der Waals surface area contributed by atoms with E-state index in [0.29, 0.717) is 18.2 Å². The molecule has 1 aromatic carbocycles. The first-order valence-electron chi connectivity index (χ1n) is 6.65. The van der Waals surface area contributed by atoms with E-state index in [9.17, 15) is 4.79 Å². The van der Waals surface area contributed by atoms with Crippen molar-refractivity contribution < 1.29 is 9.53 Å². The summed E-state index contributed by atoms with van der Waals surface area (Å²) < 4.78 is 5.53. The molecule has 0 spiro atoms. The number of carbonyl (C=O) groups is 1. The number of ether oxygens (including phenoxy) is 1. The molecule has 0 saturated heterocycles. The molecule has 0 aliphatic heterocycles. The second kappa shape index (κ2) is 7.14. The van der Waals surface area contributed by atoms with Gasteiger partial charge in [-0.3, -0.25) is 4.79 Å². The minimum atomic E-state index is -0.107. The molecule has 106 valence electrons. The summed E-state index contributed by atoms with van der Waals surface area (Å²) in [6, 6.07) is 5.92. The van der Waals surface area contributed by atoms with Crippen LogP contribution < -0.4 is 15.8 Å². The van der Waals surface area contributed by atoms with Gasteiger partial charge in [0, 0.05) is 18.2 Å². The van der Waals surface area contributed by atoms with Gasteiger partial charge in [0.15, 0.2) is 6.61 Å². The summed E-state index contributed by atoms with van der Waals surface area (Å²) in [5.41, 5.74) is 7.72. The van der Waals surface area contributed by atoms with E-state index in [4.69, 9.17) is 10.5 Å². The third-order valence-electron chi connectivity index (χ3n) is 3.18. The van der Waals surface area contributed by atoms with Gasteiger partial charge in [-0.25, -0.2) is 0 Å². The summed E-state index contributed by atoms with van der Waals surface area (Å²) in [6.45, 7) is 8.55. The molecule has 0 fully saturated rings. The van der Waals surface area contributed by atoms with Gasteiger partial charge >= 0.3 is 0 Å². The molecular formula is C15H24N2O2. The summed E-state index contributed by atoms with van der Waals surface area (Å²) in [7, 11) is 0. The molecule has 0 bridgehead atoms. The topological polar surface area (TPSA) is 64.3 Å². The Morgan fingerprint density at radius 2 is 2.05 bits per heavy atom. The van der Waals surface area contributed by atoms with Gasteiger partial charge < -0.3 is 15.8 Å². The van der Waals surface area contributed by atoms with Crippen LogP contribution in [0.3, 0.4) is 0 Å². The van der Waals surface area contributed by atoms with Gasteiger partial charge in [0.2, 0.25) is 0 Å². The minimum absolute atomic E-state index is 0.0210. The van der Waals surface area contributed by atoms with E-state index >= 15 is 0 Å². The molecule has 1 atom stereocenters. The lowest BCUT2D eigenvalue weighted by molar-refractivity contribution is -0.124. The maximum absolute atomic E-state index is 11.7. The highest BCUT2D eigenvalue weighted by Gasteiger charge is 2.12. The molecule has 4 nitrogen and oxygen atoms in total. The maximum atomic E-state index is 11.7. The van der Waals surface area contributed by atoms with Crippen molar-refractivity contribution in [1.29, 1.82) is 0 Å². The molecular weight excluding hydrogens is 240 g/mol. The van der Waals surface area contributed by atoms with Gasteiger partial charge in [0.25, 0.3) is 5.91 Å². The number of amides is 1. The predicted octanol–water partition coefficient (Wildman–Crippen LogP) is 1.99. The zero-order chi connectivity index (χ0) is 14.4. The lowest BCUT2D eigenvalue weighted by Crippen LogP contribution is -2.39. The van der Waals surface area contributed by atoms with Gasteiger partial charge in [0.1, 0.15) is 5.75 Å². The van der Waals surface area contributed by atoms with Gasteiger partial charge in [0.05, 0.1) is 0 Å². The Kier molecular flexibility index (Phi) is 5.83. The lowest BCUT2D eigenvalue weighted by atomic mass is 10.1. The van der Waals surface area contributed by atoms with E-state index in [2.05, 4.69) is 19.2 Å². The molecule has 1 amide bonds. The van der Waals surface area contributed by atoms with E-state index in [0.717, 1.165) is 11.1 Å². The summed E-state index contributed by atoms with van der Waals surface area (Å²) in [6.07, 6.45) is 0. The van der Waals surface area contributed by atoms with Gasteiger partial charge in [-0.05, 0) is 25.8 Å². The monoisotopic (exact) mass is 264 g/mol. The average molecular weight is 264 g/mol. The van der Waals surface area contributed by atoms with Crippen molar-refractivity contribution in [1.82, 2.24) is 5.32 Å². The Morgan fingerprint density at radius 1 is 1.37 bits per heavy atom. The van der Waals surface area contributed by atoms with Crippen molar-refractivity contribution >= 4 is 5.91 Å². The van der Waals surface area contributed by atoms with Crippen LogP contribution in [0, 0.1) is 12.8 Å². The molecule has 4 heteroatoms. The Bertz CT molecular complexity index is 430. The molecule has 0 heterocycles. The van der Waals surface area contributed by atoms with Crippen LogP contribution in [-0.2, 0) is 11.3 Å². The third kappa shape index (κ3) is 4.91. The zero-order valence-electron chi connectivity index (χ0n) is 12.2. The normalized spacial score (nSPS) is 12.3. The smallest absolute Gasteiger partial charge is 0.258 e. The number of carbonyl (C=O) groups excluding carboxylic acids is 1. The number of hydrogen-bond donors (Lipinski definition) is 2. The third-order valence-corrected chi connectivity index (χ3v) is 3.18. The zero-order valence-corrected chi connectivity index (χ0v) is 12.2. The molecule has 3 N–H and O–H groups in total. The van der Waals surface area contributed by atoms with Crippen molar-refractivity contribution in [2.75, 3.05) is 6.61 Å². The van der Waals surface area contributed by atoms with Crippen LogP contribution in [-0.4, -0.2) is 18.6 Å². The van der Waals surface area contributed by atoms with Crippen molar-refractivity contribution in [2.24, 2.45) is 11.7 Å². The van der Waals surface area contributed by atoms with Crippen LogP contribution in [0.25, 0.3) is 0 Å². The van der Waals surface area contributed by atoms with Crippen molar-refractivity contribution in [2.45, 2.75) is 40.3 Å². The largest absolute Gasteiger partial charge is 0.483 e. The summed E-state index contributed by atoms with van der Waals surface area (Å²) in [5.74, 6) is 0.980. The first-order chi connectivity index (χ1) is 8.93. The number of nitrogens with two attached hydrogens (primary N) is 1. The van der Waals surface area contributed by atoms with E-state index in [-0.39, 0.29) is 18.6 Å². The number of hydrogen-bond acceptors (Lipinski definition) is 3. The number of benzene rings is 1. The summed E-state index contributed by atoms with van der Waals surface area (Å²) in [5, 5.41) is 2.90. The van der Waals surface area contributed by atoms with Crippen LogP contribution >= 0.6 is 0 Å². The fourth-order valence-electron chi connectivity index (χ4n) is 1.61. The van der Waals surface area contributed by atoms with Gasteiger partial charge in [-0.15, -0.1) is 0 Å². The molecule has 1 unspecified atom stereocenters. The molecule has 0 radical (unpaired) electrons. The van der Waals surface area contributed by atoms with E-state index in [1.165, 1.54) is 0 Å². The summed E-state index contributed by atoms with van der Waals surface area (Å²) in [4.78, 5) is 11.7. The van der Waals surface area contributed by atoms with Crippen LogP contribution in [0.5, 0.6) is 5.75 Å². The molecule has 0 saturated carbocycles. The average Bonchev–Trinajstić information content (AvgIpc) is 2.36. The van der Waals surface area contributed by atoms with Crippen LogP contribution in [0.4, 0.5) is 0 Å². The Labute approximate surface area is 115 Å². The highest BCUT2D eigenvalue weighted by atomic mass is 16.5. The van der Waals surface area contributed by atoms with Crippen LogP contribution in [0.2, 0.25) is 0 Å². The fraction of sp³-hybridized carbons (Fsp3) is 0.533.